The number of hydrogen-bond acceptors (Lipinski definition) is 6. The molecule has 9 nitrogen and oxygen atoms in total. The van der Waals surface area contributed by atoms with E-state index in [9.17, 15) is 24.5 Å². The van der Waals surface area contributed by atoms with Crippen molar-refractivity contribution in [2.75, 3.05) is 10.6 Å². The molecular weight excluding hydrogens is 482 g/mol. The van der Waals surface area contributed by atoms with Crippen LogP contribution in [-0.4, -0.2) is 33.1 Å². The van der Waals surface area contributed by atoms with Gasteiger partial charge >= 0.3 is 5.97 Å². The van der Waals surface area contributed by atoms with Gasteiger partial charge in [-0.15, -0.1) is 11.8 Å². The highest BCUT2D eigenvalue weighted by atomic mass is 35.5. The molecule has 1 unspecified atom stereocenters. The van der Waals surface area contributed by atoms with Crippen molar-refractivity contribution in [3.8, 4) is 0 Å². The summed E-state index contributed by atoms with van der Waals surface area (Å²) in [6.45, 7) is 1.67. The van der Waals surface area contributed by atoms with E-state index in [0.29, 0.717) is 10.6 Å². The van der Waals surface area contributed by atoms with Crippen LogP contribution in [0.15, 0.2) is 71.6 Å². The minimum atomic E-state index is -1.14. The van der Waals surface area contributed by atoms with Gasteiger partial charge in [-0.05, 0) is 49.4 Å². The number of carbonyl (C=O) groups excluding carboxylic acids is 2. The molecule has 0 aliphatic carbocycles. The summed E-state index contributed by atoms with van der Waals surface area (Å²) >= 11 is 7.28. The molecule has 11 heteroatoms. The number of carboxylic acids is 1. The quantitative estimate of drug-likeness (QED) is 0.216. The average Bonchev–Trinajstić information content (AvgIpc) is 2.80. The van der Waals surface area contributed by atoms with E-state index < -0.39 is 22.0 Å². The van der Waals surface area contributed by atoms with Crippen LogP contribution in [0.1, 0.15) is 27.6 Å². The molecule has 174 valence electrons. The van der Waals surface area contributed by atoms with Gasteiger partial charge in [-0.3, -0.25) is 19.7 Å². The molecule has 3 N–H and O–H groups in total. The molecule has 0 saturated carbocycles. The number of rotatable bonds is 8. The van der Waals surface area contributed by atoms with Gasteiger partial charge in [0.05, 0.1) is 26.4 Å². The maximum absolute atomic E-state index is 12.6. The first-order valence-corrected chi connectivity index (χ1v) is 11.1. The van der Waals surface area contributed by atoms with Crippen molar-refractivity contribution in [1.82, 2.24) is 0 Å². The van der Waals surface area contributed by atoms with E-state index >= 15 is 0 Å². The number of nitrogens with zero attached hydrogens (tertiary/aromatic N) is 1. The smallest absolute Gasteiger partial charge is 0.335 e. The van der Waals surface area contributed by atoms with Gasteiger partial charge in [-0.25, -0.2) is 4.79 Å². The third kappa shape index (κ3) is 6.33. The Bertz CT molecular complexity index is 1280. The summed E-state index contributed by atoms with van der Waals surface area (Å²) < 4.78 is 0. The van der Waals surface area contributed by atoms with Crippen molar-refractivity contribution in [3.63, 3.8) is 0 Å². The van der Waals surface area contributed by atoms with Crippen LogP contribution in [0.4, 0.5) is 17.1 Å². The molecule has 3 aromatic carbocycles. The van der Waals surface area contributed by atoms with Gasteiger partial charge in [0.25, 0.3) is 11.6 Å². The predicted octanol–water partition coefficient (Wildman–Crippen LogP) is 5.32. The van der Waals surface area contributed by atoms with Crippen molar-refractivity contribution < 1.29 is 24.4 Å². The highest BCUT2D eigenvalue weighted by Gasteiger charge is 2.18. The first-order chi connectivity index (χ1) is 16.1. The van der Waals surface area contributed by atoms with E-state index in [0.717, 1.165) is 0 Å². The van der Waals surface area contributed by atoms with Gasteiger partial charge in [0, 0.05) is 28.3 Å². The second kappa shape index (κ2) is 10.8. The molecule has 3 rings (SSSR count). The van der Waals surface area contributed by atoms with E-state index in [1.54, 1.807) is 31.2 Å². The molecule has 0 aromatic heterocycles. The third-order valence-corrected chi connectivity index (χ3v) is 5.99. The van der Waals surface area contributed by atoms with E-state index in [1.165, 1.54) is 54.2 Å². The lowest BCUT2D eigenvalue weighted by atomic mass is 10.2. The summed E-state index contributed by atoms with van der Waals surface area (Å²) in [6.07, 6.45) is 0. The Morgan fingerprint density at radius 3 is 2.44 bits per heavy atom. The number of benzene rings is 3. The molecule has 0 fully saturated rings. The first kappa shape index (κ1) is 24.7. The van der Waals surface area contributed by atoms with Crippen molar-refractivity contribution in [2.24, 2.45) is 0 Å². The zero-order chi connectivity index (χ0) is 24.8. The van der Waals surface area contributed by atoms with Crippen LogP contribution in [0.25, 0.3) is 0 Å². The summed E-state index contributed by atoms with van der Waals surface area (Å²) in [7, 11) is 0. The first-order valence-electron chi connectivity index (χ1n) is 9.80. The van der Waals surface area contributed by atoms with Gasteiger partial charge in [-0.1, -0.05) is 23.7 Å². The van der Waals surface area contributed by atoms with Gasteiger partial charge in [0.1, 0.15) is 0 Å². The number of amides is 2. The Kier molecular flexibility index (Phi) is 7.87. The van der Waals surface area contributed by atoms with Gasteiger partial charge in [0.15, 0.2) is 0 Å². The fourth-order valence-corrected chi connectivity index (χ4v) is 3.95. The normalized spacial score (nSPS) is 11.4. The summed E-state index contributed by atoms with van der Waals surface area (Å²) in [5.74, 6) is -2.04. The molecule has 0 spiro atoms. The Morgan fingerprint density at radius 2 is 1.74 bits per heavy atom. The molecule has 3 aromatic rings. The number of anilines is 2. The molecule has 34 heavy (non-hydrogen) atoms. The zero-order valence-electron chi connectivity index (χ0n) is 17.7. The van der Waals surface area contributed by atoms with Gasteiger partial charge < -0.3 is 15.7 Å². The molecule has 0 radical (unpaired) electrons. The van der Waals surface area contributed by atoms with Crippen molar-refractivity contribution in [1.29, 1.82) is 0 Å². The number of aromatic carboxylic acids is 1. The molecule has 0 aliphatic rings. The lowest BCUT2D eigenvalue weighted by molar-refractivity contribution is -0.384. The van der Waals surface area contributed by atoms with Crippen LogP contribution in [-0.2, 0) is 4.79 Å². The molecule has 0 bridgehead atoms. The highest BCUT2D eigenvalue weighted by Crippen LogP contribution is 2.29. The minimum Gasteiger partial charge on any atom is -0.478 e. The Balaban J connectivity index is 1.67. The van der Waals surface area contributed by atoms with Crippen molar-refractivity contribution in [2.45, 2.75) is 17.1 Å². The average molecular weight is 500 g/mol. The van der Waals surface area contributed by atoms with Crippen LogP contribution in [0.3, 0.4) is 0 Å². The van der Waals surface area contributed by atoms with E-state index in [4.69, 9.17) is 16.7 Å². The lowest BCUT2D eigenvalue weighted by Gasteiger charge is -2.14. The largest absolute Gasteiger partial charge is 0.478 e. The number of nitrogens with one attached hydrogen (secondary N) is 2. The molecule has 2 amide bonds. The van der Waals surface area contributed by atoms with Crippen molar-refractivity contribution in [3.05, 3.63) is 93.0 Å². The SMILES string of the molecule is CC(Sc1cccc(NC(=O)c2cccc([N+](=O)[O-])c2)c1)C(=O)Nc1cc(C(=O)O)ccc1Cl. The Morgan fingerprint density at radius 1 is 1.00 bits per heavy atom. The van der Waals surface area contributed by atoms with E-state index in [2.05, 4.69) is 10.6 Å². The maximum Gasteiger partial charge on any atom is 0.335 e. The zero-order valence-corrected chi connectivity index (χ0v) is 19.2. The van der Waals surface area contributed by atoms with E-state index in [1.807, 2.05) is 0 Å². The number of nitro groups is 1. The predicted molar refractivity (Wildman–Crippen MR) is 130 cm³/mol. The fourth-order valence-electron chi connectivity index (χ4n) is 2.86. The third-order valence-electron chi connectivity index (χ3n) is 4.56. The van der Waals surface area contributed by atoms with Crippen LogP contribution >= 0.6 is 23.4 Å². The van der Waals surface area contributed by atoms with Crippen LogP contribution in [0, 0.1) is 10.1 Å². The van der Waals surface area contributed by atoms with Gasteiger partial charge in [-0.2, -0.15) is 0 Å². The number of hydrogen-bond donors (Lipinski definition) is 3. The Labute approximate surface area is 203 Å². The summed E-state index contributed by atoms with van der Waals surface area (Å²) in [6, 6.07) is 16.2. The summed E-state index contributed by atoms with van der Waals surface area (Å²) in [4.78, 5) is 47.3. The molecular formula is C23H18ClN3O6S. The number of carbonyl (C=O) groups is 3. The summed E-state index contributed by atoms with van der Waals surface area (Å²) in [5.41, 5.74) is 0.585. The number of halogens is 1. The summed E-state index contributed by atoms with van der Waals surface area (Å²) in [5, 5.41) is 25.0. The molecule has 0 aliphatic heterocycles. The second-order valence-corrected chi connectivity index (χ2v) is 8.86. The fraction of sp³-hybridized carbons (Fsp3) is 0.0870. The minimum absolute atomic E-state index is 0.00722. The molecule has 0 heterocycles. The number of nitro benzene ring substituents is 1. The number of thioether (sulfide) groups is 1. The highest BCUT2D eigenvalue weighted by molar-refractivity contribution is 8.00. The lowest BCUT2D eigenvalue weighted by Crippen LogP contribution is -2.22. The molecule has 1 atom stereocenters. The van der Waals surface area contributed by atoms with Crippen molar-refractivity contribution >= 4 is 58.2 Å². The molecule has 0 saturated heterocycles. The van der Waals surface area contributed by atoms with Crippen LogP contribution in [0.5, 0.6) is 0 Å². The van der Waals surface area contributed by atoms with Crippen LogP contribution < -0.4 is 10.6 Å². The number of carboxylic acid groups (broad SMARTS) is 1. The number of non-ortho nitro benzene ring substituents is 1. The topological polar surface area (TPSA) is 139 Å². The van der Waals surface area contributed by atoms with Crippen LogP contribution in [0.2, 0.25) is 5.02 Å². The standard InChI is InChI=1S/C23H18ClN3O6S/c1-13(21(28)26-20-11-15(23(30)31)8-9-19(20)24)34-18-7-3-5-16(12-18)25-22(29)14-4-2-6-17(10-14)27(32)33/h2-13H,1H3,(H,25,29)(H,26,28)(H,30,31). The second-order valence-electron chi connectivity index (χ2n) is 7.04. The van der Waals surface area contributed by atoms with Gasteiger partial charge in [0.2, 0.25) is 5.91 Å². The maximum atomic E-state index is 12.6. The Hall–Kier alpha value is -3.89. The van der Waals surface area contributed by atoms with E-state index in [-0.39, 0.29) is 33.4 Å². The monoisotopic (exact) mass is 499 g/mol.